The number of nitrogens with zero attached hydrogens (tertiary/aromatic N) is 4. The largest absolute Gasteiger partial charge is 0.382 e. The molecular formula is C15H21N5O6S. The average molecular weight is 399 g/mol. The second kappa shape index (κ2) is 6.07. The number of anilines is 1. The van der Waals surface area contributed by atoms with Gasteiger partial charge in [0.1, 0.15) is 30.5 Å². The summed E-state index contributed by atoms with van der Waals surface area (Å²) < 4.78 is 47.5. The van der Waals surface area contributed by atoms with Crippen molar-refractivity contribution in [3.05, 3.63) is 12.2 Å². The van der Waals surface area contributed by atoms with E-state index in [1.54, 1.807) is 25.3 Å². The van der Waals surface area contributed by atoms with Gasteiger partial charge in [0.05, 0.1) is 12.9 Å². The molecule has 2 aliphatic heterocycles. The molecule has 0 bridgehead atoms. The maximum absolute atomic E-state index is 11.4. The lowest BCUT2D eigenvalue weighted by Gasteiger charge is -2.25. The number of imidazole rings is 1. The van der Waals surface area contributed by atoms with Gasteiger partial charge in [-0.3, -0.25) is 8.75 Å². The van der Waals surface area contributed by atoms with Crippen LogP contribution in [0.3, 0.4) is 0 Å². The Morgan fingerprint density at radius 3 is 2.70 bits per heavy atom. The Morgan fingerprint density at radius 2 is 2.00 bits per heavy atom. The van der Waals surface area contributed by atoms with Crippen molar-refractivity contribution in [1.82, 2.24) is 19.5 Å². The number of aryl methyl sites for hydroxylation is 1. The van der Waals surface area contributed by atoms with Crippen LogP contribution in [0, 0.1) is 6.92 Å². The fourth-order valence-electron chi connectivity index (χ4n) is 3.53. The third kappa shape index (κ3) is 3.27. The summed E-state index contributed by atoms with van der Waals surface area (Å²) in [6.07, 6.45) is 0.0436. The lowest BCUT2D eigenvalue weighted by atomic mass is 10.1. The second-order valence-electron chi connectivity index (χ2n) is 7.08. The highest BCUT2D eigenvalue weighted by atomic mass is 32.2. The van der Waals surface area contributed by atoms with Crippen molar-refractivity contribution < 1.29 is 26.8 Å². The van der Waals surface area contributed by atoms with Crippen LogP contribution in [0.4, 0.5) is 5.82 Å². The van der Waals surface area contributed by atoms with E-state index in [0.717, 1.165) is 6.26 Å². The summed E-state index contributed by atoms with van der Waals surface area (Å²) in [5, 5.41) is 0. The van der Waals surface area contributed by atoms with Gasteiger partial charge in [-0.15, -0.1) is 0 Å². The highest BCUT2D eigenvalue weighted by molar-refractivity contribution is 7.85. The van der Waals surface area contributed by atoms with Gasteiger partial charge in [-0.2, -0.15) is 8.42 Å². The van der Waals surface area contributed by atoms with E-state index < -0.39 is 40.4 Å². The lowest BCUT2D eigenvalue weighted by Crippen LogP contribution is -2.33. The van der Waals surface area contributed by atoms with Crippen LogP contribution in [0.5, 0.6) is 0 Å². The molecule has 27 heavy (non-hydrogen) atoms. The monoisotopic (exact) mass is 399 g/mol. The molecule has 2 aliphatic rings. The number of fused-ring (bicyclic) bond motifs is 2. The van der Waals surface area contributed by atoms with Crippen LogP contribution in [-0.2, 0) is 28.5 Å². The first-order valence-electron chi connectivity index (χ1n) is 8.36. The highest BCUT2D eigenvalue weighted by Gasteiger charge is 2.56. The van der Waals surface area contributed by atoms with Gasteiger partial charge in [-0.25, -0.2) is 15.0 Å². The van der Waals surface area contributed by atoms with Crippen molar-refractivity contribution >= 4 is 27.1 Å². The Balaban J connectivity index is 1.73. The molecule has 148 valence electrons. The highest BCUT2D eigenvalue weighted by Crippen LogP contribution is 2.44. The van der Waals surface area contributed by atoms with Gasteiger partial charge in [0, 0.05) is 0 Å². The fourth-order valence-corrected chi connectivity index (χ4v) is 3.91. The topological polar surface area (TPSA) is 141 Å². The first-order valence-corrected chi connectivity index (χ1v) is 10.2. The van der Waals surface area contributed by atoms with Gasteiger partial charge in [0.15, 0.2) is 29.0 Å². The molecule has 2 fully saturated rings. The van der Waals surface area contributed by atoms with Gasteiger partial charge in [-0.1, -0.05) is 0 Å². The average Bonchev–Trinajstić information content (AvgIpc) is 3.14. The van der Waals surface area contributed by atoms with Crippen LogP contribution in [-0.4, -0.2) is 64.9 Å². The van der Waals surface area contributed by atoms with E-state index >= 15 is 0 Å². The SMILES string of the molecule is Cc1nc2c(N)ncnc2n1[C@@H]1O[C@H](COS(C)(=O)=O)[C@H]2OC(C)(C)O[C@H]21. The molecule has 4 atom stereocenters. The molecule has 11 nitrogen and oxygen atoms in total. The zero-order valence-electron chi connectivity index (χ0n) is 15.3. The molecule has 12 heteroatoms. The Morgan fingerprint density at radius 1 is 1.30 bits per heavy atom. The first kappa shape index (κ1) is 18.5. The summed E-state index contributed by atoms with van der Waals surface area (Å²) >= 11 is 0. The molecule has 2 N–H and O–H groups in total. The lowest BCUT2D eigenvalue weighted by molar-refractivity contribution is -0.199. The van der Waals surface area contributed by atoms with Crippen LogP contribution < -0.4 is 5.73 Å². The van der Waals surface area contributed by atoms with Gasteiger partial charge in [-0.05, 0) is 20.8 Å². The predicted molar refractivity (Wildman–Crippen MR) is 93.0 cm³/mol. The summed E-state index contributed by atoms with van der Waals surface area (Å²) in [6, 6.07) is 0. The van der Waals surface area contributed by atoms with Gasteiger partial charge < -0.3 is 19.9 Å². The summed E-state index contributed by atoms with van der Waals surface area (Å²) in [6.45, 7) is 5.19. The van der Waals surface area contributed by atoms with Crippen LogP contribution in [0.1, 0.15) is 25.9 Å². The third-order valence-corrected chi connectivity index (χ3v) is 5.07. The van der Waals surface area contributed by atoms with Crippen molar-refractivity contribution in [2.24, 2.45) is 0 Å². The molecule has 0 amide bonds. The molecule has 0 unspecified atom stereocenters. The van der Waals surface area contributed by atoms with Crippen LogP contribution in [0.25, 0.3) is 11.2 Å². The number of rotatable bonds is 4. The number of nitrogens with two attached hydrogens (primary N) is 1. The van der Waals surface area contributed by atoms with Crippen LogP contribution >= 0.6 is 0 Å². The summed E-state index contributed by atoms with van der Waals surface area (Å²) in [5.74, 6) is 0.0233. The van der Waals surface area contributed by atoms with Crippen molar-refractivity contribution in [2.75, 3.05) is 18.6 Å². The number of ether oxygens (including phenoxy) is 3. The summed E-state index contributed by atoms with van der Waals surface area (Å²) in [5.41, 5.74) is 6.86. The predicted octanol–water partition coefficient (Wildman–Crippen LogP) is 0.111. The first-order chi connectivity index (χ1) is 12.6. The number of hydrogen-bond donors (Lipinski definition) is 1. The minimum atomic E-state index is -3.62. The minimum absolute atomic E-state index is 0.182. The molecule has 4 rings (SSSR count). The van der Waals surface area contributed by atoms with E-state index in [9.17, 15) is 8.42 Å². The van der Waals surface area contributed by atoms with E-state index in [1.807, 2.05) is 0 Å². The standard InChI is InChI=1S/C15H21N5O6S/c1-7-19-9-12(16)17-6-18-13(9)20(7)14-11-10(25-15(2,3)26-11)8(24-14)5-23-27(4,21)22/h6,8,10-11,14H,5H2,1-4H3,(H2,16,17,18)/t8-,10-,11-,14-/m1/s1. The van der Waals surface area contributed by atoms with Crippen LogP contribution in [0.2, 0.25) is 0 Å². The zero-order valence-corrected chi connectivity index (χ0v) is 16.1. The molecule has 2 aromatic heterocycles. The van der Waals surface area contributed by atoms with E-state index in [-0.39, 0.29) is 12.4 Å². The molecule has 0 saturated carbocycles. The van der Waals surface area contributed by atoms with E-state index in [4.69, 9.17) is 24.1 Å². The molecule has 2 saturated heterocycles. The van der Waals surface area contributed by atoms with E-state index in [1.165, 1.54) is 6.33 Å². The van der Waals surface area contributed by atoms with Crippen molar-refractivity contribution in [2.45, 2.75) is 51.1 Å². The van der Waals surface area contributed by atoms with E-state index in [0.29, 0.717) is 17.0 Å². The zero-order chi connectivity index (χ0) is 19.6. The Kier molecular flexibility index (Phi) is 4.16. The number of hydrogen-bond acceptors (Lipinski definition) is 10. The smallest absolute Gasteiger partial charge is 0.264 e. The van der Waals surface area contributed by atoms with Crippen molar-refractivity contribution in [3.8, 4) is 0 Å². The maximum atomic E-state index is 11.4. The van der Waals surface area contributed by atoms with E-state index in [2.05, 4.69) is 15.0 Å². The fraction of sp³-hybridized carbons (Fsp3) is 0.667. The molecule has 4 heterocycles. The quantitative estimate of drug-likeness (QED) is 0.704. The molecule has 0 aliphatic carbocycles. The van der Waals surface area contributed by atoms with Crippen molar-refractivity contribution in [1.29, 1.82) is 0 Å². The van der Waals surface area contributed by atoms with Gasteiger partial charge in [0.2, 0.25) is 0 Å². The van der Waals surface area contributed by atoms with Gasteiger partial charge >= 0.3 is 0 Å². The van der Waals surface area contributed by atoms with Crippen LogP contribution in [0.15, 0.2) is 6.33 Å². The van der Waals surface area contributed by atoms with Gasteiger partial charge in [0.25, 0.3) is 10.1 Å². The molecule has 0 radical (unpaired) electrons. The number of nitrogen functional groups attached to an aromatic ring is 1. The number of aromatic nitrogens is 4. The summed E-state index contributed by atoms with van der Waals surface area (Å²) in [4.78, 5) is 12.7. The summed E-state index contributed by atoms with van der Waals surface area (Å²) in [7, 11) is -3.62. The second-order valence-corrected chi connectivity index (χ2v) is 8.72. The molecule has 0 aromatic carbocycles. The Labute approximate surface area is 155 Å². The molecule has 2 aromatic rings. The Hall–Kier alpha value is -1.86. The third-order valence-electron chi connectivity index (χ3n) is 4.51. The van der Waals surface area contributed by atoms with Crippen molar-refractivity contribution in [3.63, 3.8) is 0 Å². The molecule has 0 spiro atoms. The minimum Gasteiger partial charge on any atom is -0.382 e. The Bertz CT molecular complexity index is 990. The normalized spacial score (nSPS) is 30.1. The molecular weight excluding hydrogens is 378 g/mol. The maximum Gasteiger partial charge on any atom is 0.264 e.